The second-order valence-corrected chi connectivity index (χ2v) is 4.39. The number of aromatic hydroxyl groups is 1. The smallest absolute Gasteiger partial charge is 0.255 e. The Bertz CT molecular complexity index is 397. The Labute approximate surface area is 108 Å². The molecule has 0 aliphatic rings. The summed E-state index contributed by atoms with van der Waals surface area (Å²) in [6.07, 6.45) is 0. The summed E-state index contributed by atoms with van der Waals surface area (Å²) < 4.78 is 5.52. The molecule has 6 heteroatoms. The highest BCUT2D eigenvalue weighted by atomic mass is 79.9. The van der Waals surface area contributed by atoms with Crippen LogP contribution in [0.25, 0.3) is 0 Å². The topological polar surface area (TPSA) is 78.8 Å². The van der Waals surface area contributed by atoms with Gasteiger partial charge in [-0.25, -0.2) is 0 Å². The number of benzene rings is 1. The molecule has 0 saturated heterocycles. The number of nitrogens with one attached hydrogen (secondary N) is 1. The zero-order valence-corrected chi connectivity index (χ0v) is 10.9. The van der Waals surface area contributed by atoms with Crippen LogP contribution in [0.5, 0.6) is 5.75 Å². The standard InChI is InChI=1S/C11H14BrNO4/c1-17-6-8(5-14)13-11(16)9-3-2-7(12)4-10(9)15/h2-4,8,14-15H,5-6H2,1H3,(H,13,16). The molecule has 0 fully saturated rings. The van der Waals surface area contributed by atoms with Gasteiger partial charge in [0.05, 0.1) is 24.8 Å². The van der Waals surface area contributed by atoms with E-state index in [1.54, 1.807) is 6.07 Å². The van der Waals surface area contributed by atoms with Crippen LogP contribution in [0.15, 0.2) is 22.7 Å². The zero-order chi connectivity index (χ0) is 12.8. The van der Waals surface area contributed by atoms with E-state index < -0.39 is 11.9 Å². The minimum Gasteiger partial charge on any atom is -0.507 e. The number of carbonyl (C=O) groups is 1. The van der Waals surface area contributed by atoms with Crippen LogP contribution < -0.4 is 5.32 Å². The quantitative estimate of drug-likeness (QED) is 0.755. The Balaban J connectivity index is 2.75. The lowest BCUT2D eigenvalue weighted by molar-refractivity contribution is 0.0837. The Morgan fingerprint density at radius 2 is 2.29 bits per heavy atom. The average Bonchev–Trinajstić information content (AvgIpc) is 2.28. The SMILES string of the molecule is COCC(CO)NC(=O)c1ccc(Br)cc1O. The molecule has 5 nitrogen and oxygen atoms in total. The predicted molar refractivity (Wildman–Crippen MR) is 66.0 cm³/mol. The van der Waals surface area contributed by atoms with E-state index in [2.05, 4.69) is 21.2 Å². The van der Waals surface area contributed by atoms with Crippen LogP contribution >= 0.6 is 15.9 Å². The lowest BCUT2D eigenvalue weighted by Crippen LogP contribution is -2.40. The van der Waals surface area contributed by atoms with Crippen LogP contribution in [0, 0.1) is 0 Å². The number of carbonyl (C=O) groups excluding carboxylic acids is 1. The second kappa shape index (κ2) is 6.58. The predicted octanol–water partition coefficient (Wildman–Crippen LogP) is 0.892. The Morgan fingerprint density at radius 3 is 2.82 bits per heavy atom. The van der Waals surface area contributed by atoms with Gasteiger partial charge in [-0.2, -0.15) is 0 Å². The number of hydrogen-bond donors (Lipinski definition) is 3. The highest BCUT2D eigenvalue weighted by molar-refractivity contribution is 9.10. The zero-order valence-electron chi connectivity index (χ0n) is 9.31. The fourth-order valence-electron chi connectivity index (χ4n) is 1.30. The number of ether oxygens (including phenoxy) is 1. The molecule has 1 aromatic carbocycles. The van der Waals surface area contributed by atoms with Gasteiger partial charge in [-0.1, -0.05) is 15.9 Å². The summed E-state index contributed by atoms with van der Waals surface area (Å²) in [4.78, 5) is 11.8. The lowest BCUT2D eigenvalue weighted by Gasteiger charge is -2.15. The molecule has 0 bridgehead atoms. The van der Waals surface area contributed by atoms with Crippen molar-refractivity contribution >= 4 is 21.8 Å². The van der Waals surface area contributed by atoms with Gasteiger partial charge in [-0.05, 0) is 18.2 Å². The molecule has 1 atom stereocenters. The molecule has 0 aromatic heterocycles. The van der Waals surface area contributed by atoms with Crippen LogP contribution in [-0.4, -0.2) is 42.5 Å². The summed E-state index contributed by atoms with van der Waals surface area (Å²) in [5.74, 6) is -0.572. The van der Waals surface area contributed by atoms with Gasteiger partial charge in [0.25, 0.3) is 5.91 Å². The summed E-state index contributed by atoms with van der Waals surface area (Å²) in [5, 5.41) is 21.1. The maximum Gasteiger partial charge on any atom is 0.255 e. The number of phenols is 1. The maximum absolute atomic E-state index is 11.8. The fraction of sp³-hybridized carbons (Fsp3) is 0.364. The molecule has 17 heavy (non-hydrogen) atoms. The molecule has 3 N–H and O–H groups in total. The van der Waals surface area contributed by atoms with E-state index in [9.17, 15) is 9.90 Å². The van der Waals surface area contributed by atoms with Crippen LogP contribution in [-0.2, 0) is 4.74 Å². The molecule has 0 aliphatic heterocycles. The van der Waals surface area contributed by atoms with Gasteiger partial charge in [-0.15, -0.1) is 0 Å². The van der Waals surface area contributed by atoms with E-state index in [1.807, 2.05) is 0 Å². The molecular formula is C11H14BrNO4. The number of aliphatic hydroxyl groups excluding tert-OH is 1. The molecule has 0 spiro atoms. The van der Waals surface area contributed by atoms with Crippen molar-refractivity contribution in [3.8, 4) is 5.75 Å². The van der Waals surface area contributed by atoms with Gasteiger partial charge >= 0.3 is 0 Å². The third kappa shape index (κ3) is 3.99. The summed E-state index contributed by atoms with van der Waals surface area (Å²) in [7, 11) is 1.48. The molecular weight excluding hydrogens is 290 g/mol. The van der Waals surface area contributed by atoms with Crippen molar-refractivity contribution < 1.29 is 19.7 Å². The highest BCUT2D eigenvalue weighted by Crippen LogP contribution is 2.22. The molecule has 0 saturated carbocycles. The third-order valence-corrected chi connectivity index (χ3v) is 2.62. The van der Waals surface area contributed by atoms with Crippen LogP contribution in [0.4, 0.5) is 0 Å². The van der Waals surface area contributed by atoms with Gasteiger partial charge in [-0.3, -0.25) is 4.79 Å². The van der Waals surface area contributed by atoms with Crippen molar-refractivity contribution in [2.75, 3.05) is 20.3 Å². The first-order chi connectivity index (χ1) is 8.08. The van der Waals surface area contributed by atoms with Crippen molar-refractivity contribution in [1.82, 2.24) is 5.32 Å². The number of amides is 1. The first-order valence-corrected chi connectivity index (χ1v) is 5.77. The van der Waals surface area contributed by atoms with Gasteiger partial charge in [0, 0.05) is 11.6 Å². The number of halogens is 1. The fourth-order valence-corrected chi connectivity index (χ4v) is 1.65. The van der Waals surface area contributed by atoms with Crippen molar-refractivity contribution in [3.05, 3.63) is 28.2 Å². The Hall–Kier alpha value is -1.11. The monoisotopic (exact) mass is 303 g/mol. The molecule has 1 unspecified atom stereocenters. The van der Waals surface area contributed by atoms with E-state index in [1.165, 1.54) is 19.2 Å². The summed E-state index contributed by atoms with van der Waals surface area (Å²) in [6.45, 7) is -0.0175. The van der Waals surface area contributed by atoms with E-state index in [-0.39, 0.29) is 24.5 Å². The minimum absolute atomic E-state index is 0.119. The molecule has 0 aliphatic carbocycles. The van der Waals surface area contributed by atoms with Crippen molar-refractivity contribution in [3.63, 3.8) is 0 Å². The van der Waals surface area contributed by atoms with E-state index in [0.29, 0.717) is 4.47 Å². The first-order valence-electron chi connectivity index (χ1n) is 4.97. The van der Waals surface area contributed by atoms with Crippen LogP contribution in [0.3, 0.4) is 0 Å². The number of aliphatic hydroxyl groups is 1. The van der Waals surface area contributed by atoms with Crippen LogP contribution in [0.2, 0.25) is 0 Å². The van der Waals surface area contributed by atoms with Gasteiger partial charge in [0.15, 0.2) is 0 Å². The largest absolute Gasteiger partial charge is 0.507 e. The summed E-state index contributed by atoms with van der Waals surface area (Å²) in [5.41, 5.74) is 0.155. The number of methoxy groups -OCH3 is 1. The molecule has 0 heterocycles. The molecule has 1 amide bonds. The summed E-state index contributed by atoms with van der Waals surface area (Å²) in [6, 6.07) is 4.09. The molecule has 0 radical (unpaired) electrons. The van der Waals surface area contributed by atoms with Crippen molar-refractivity contribution in [2.24, 2.45) is 0 Å². The van der Waals surface area contributed by atoms with Crippen LogP contribution in [0.1, 0.15) is 10.4 Å². The lowest BCUT2D eigenvalue weighted by atomic mass is 10.2. The van der Waals surface area contributed by atoms with E-state index >= 15 is 0 Å². The molecule has 1 rings (SSSR count). The minimum atomic E-state index is -0.490. The highest BCUT2D eigenvalue weighted by Gasteiger charge is 2.15. The maximum atomic E-state index is 11.8. The number of rotatable bonds is 5. The normalized spacial score (nSPS) is 12.2. The summed E-state index contributed by atoms with van der Waals surface area (Å²) >= 11 is 3.18. The Morgan fingerprint density at radius 1 is 1.59 bits per heavy atom. The van der Waals surface area contributed by atoms with Gasteiger partial charge in [0.1, 0.15) is 5.75 Å². The van der Waals surface area contributed by atoms with Gasteiger partial charge < -0.3 is 20.3 Å². The average molecular weight is 304 g/mol. The van der Waals surface area contributed by atoms with Gasteiger partial charge in [0.2, 0.25) is 0 Å². The third-order valence-electron chi connectivity index (χ3n) is 2.13. The number of phenolic OH excluding ortho intramolecular Hbond substituents is 1. The van der Waals surface area contributed by atoms with E-state index in [4.69, 9.17) is 9.84 Å². The van der Waals surface area contributed by atoms with Crippen molar-refractivity contribution in [1.29, 1.82) is 0 Å². The number of hydrogen-bond acceptors (Lipinski definition) is 4. The second-order valence-electron chi connectivity index (χ2n) is 3.47. The Kier molecular flexibility index (Phi) is 5.40. The van der Waals surface area contributed by atoms with Crippen molar-refractivity contribution in [2.45, 2.75) is 6.04 Å². The first kappa shape index (κ1) is 14.0. The van der Waals surface area contributed by atoms with E-state index in [0.717, 1.165) is 0 Å². The molecule has 1 aromatic rings. The molecule has 94 valence electrons.